The number of nitrogens with one attached hydrogen (secondary N) is 2. The van der Waals surface area contributed by atoms with Gasteiger partial charge in [-0.15, -0.1) is 10.2 Å². The third-order valence-electron chi connectivity index (χ3n) is 5.41. The van der Waals surface area contributed by atoms with Crippen molar-refractivity contribution in [1.82, 2.24) is 19.8 Å². The van der Waals surface area contributed by atoms with E-state index in [1.165, 1.54) is 12.8 Å². The molecular weight excluding hydrogens is 398 g/mol. The molecule has 0 atom stereocenters. The highest BCUT2D eigenvalue weighted by Gasteiger charge is 2.33. The number of aromatic nitrogens is 2. The molecule has 0 bridgehead atoms. The first kappa shape index (κ1) is 21.4. The molecule has 2 aliphatic carbocycles. The Kier molecular flexibility index (Phi) is 7.27. The summed E-state index contributed by atoms with van der Waals surface area (Å²) in [5.74, 6) is 0. The van der Waals surface area contributed by atoms with Crippen LogP contribution in [0.5, 0.6) is 0 Å². The van der Waals surface area contributed by atoms with Crippen LogP contribution in [0.3, 0.4) is 0 Å². The van der Waals surface area contributed by atoms with E-state index in [0.717, 1.165) is 62.7 Å². The lowest BCUT2D eigenvalue weighted by Gasteiger charge is -2.41. The van der Waals surface area contributed by atoms with Crippen molar-refractivity contribution >= 4 is 32.5 Å². The predicted octanol–water partition coefficient (Wildman–Crippen LogP) is 3.72. The van der Waals surface area contributed by atoms with E-state index in [1.54, 1.807) is 13.8 Å². The van der Waals surface area contributed by atoms with E-state index in [9.17, 15) is 13.2 Å². The fourth-order valence-corrected chi connectivity index (χ4v) is 6.39. The van der Waals surface area contributed by atoms with E-state index in [-0.39, 0.29) is 33.6 Å². The highest BCUT2D eigenvalue weighted by Crippen LogP contribution is 2.31. The maximum absolute atomic E-state index is 13.1. The van der Waals surface area contributed by atoms with Gasteiger partial charge in [-0.3, -0.25) is 5.32 Å². The van der Waals surface area contributed by atoms with E-state index in [4.69, 9.17) is 0 Å². The van der Waals surface area contributed by atoms with Crippen molar-refractivity contribution in [3.63, 3.8) is 0 Å². The summed E-state index contributed by atoms with van der Waals surface area (Å²) in [4.78, 5) is 15.2. The smallest absolute Gasteiger partial charge is 0.319 e. The number of carbonyl (C=O) groups is 1. The van der Waals surface area contributed by atoms with E-state index in [1.807, 2.05) is 4.90 Å². The molecule has 158 valence electrons. The van der Waals surface area contributed by atoms with Crippen molar-refractivity contribution in [2.75, 3.05) is 5.32 Å². The number of hydrogen-bond donors (Lipinski definition) is 2. The SMILES string of the molecule is CC(C)NS(=O)(=O)c1nnc(NC(=O)N(C2CCCCC2)C2CCCCC2)s1. The van der Waals surface area contributed by atoms with Crippen LogP contribution in [-0.2, 0) is 10.0 Å². The molecule has 0 saturated heterocycles. The largest absolute Gasteiger partial charge is 0.324 e. The van der Waals surface area contributed by atoms with Crippen LogP contribution in [0.2, 0.25) is 0 Å². The molecule has 1 aromatic rings. The second-order valence-electron chi connectivity index (χ2n) is 8.07. The van der Waals surface area contributed by atoms with E-state index in [0.29, 0.717) is 0 Å². The Balaban J connectivity index is 1.72. The van der Waals surface area contributed by atoms with Crippen LogP contribution >= 0.6 is 11.3 Å². The summed E-state index contributed by atoms with van der Waals surface area (Å²) in [6, 6.07) is 0.113. The quantitative estimate of drug-likeness (QED) is 0.671. The molecule has 0 spiro atoms. The summed E-state index contributed by atoms with van der Waals surface area (Å²) in [5.41, 5.74) is 0. The summed E-state index contributed by atoms with van der Waals surface area (Å²) in [5, 5.41) is 10.7. The summed E-state index contributed by atoms with van der Waals surface area (Å²) in [6.07, 6.45) is 11.2. The minimum atomic E-state index is -3.71. The van der Waals surface area contributed by atoms with Crippen molar-refractivity contribution in [3.8, 4) is 0 Å². The normalized spacial score (nSPS) is 19.7. The molecule has 0 radical (unpaired) electrons. The first-order valence-corrected chi connectivity index (χ1v) is 12.6. The van der Waals surface area contributed by atoms with Gasteiger partial charge in [-0.1, -0.05) is 49.9 Å². The molecule has 2 saturated carbocycles. The predicted molar refractivity (Wildman–Crippen MR) is 110 cm³/mol. The van der Waals surface area contributed by atoms with Crippen LogP contribution < -0.4 is 10.0 Å². The average Bonchev–Trinajstić information content (AvgIpc) is 3.12. The summed E-state index contributed by atoms with van der Waals surface area (Å²) in [7, 11) is -3.71. The number of anilines is 1. The number of amides is 2. The Morgan fingerprint density at radius 1 is 1.00 bits per heavy atom. The average molecular weight is 430 g/mol. The maximum atomic E-state index is 13.1. The minimum Gasteiger partial charge on any atom is -0.319 e. The Morgan fingerprint density at radius 3 is 2.04 bits per heavy atom. The van der Waals surface area contributed by atoms with Crippen LogP contribution in [0, 0.1) is 0 Å². The maximum Gasteiger partial charge on any atom is 0.324 e. The Hall–Kier alpha value is -1.26. The second-order valence-corrected chi connectivity index (χ2v) is 10.9. The van der Waals surface area contributed by atoms with Gasteiger partial charge in [-0.25, -0.2) is 17.9 Å². The van der Waals surface area contributed by atoms with E-state index >= 15 is 0 Å². The number of nitrogens with zero attached hydrogens (tertiary/aromatic N) is 3. The van der Waals surface area contributed by atoms with Gasteiger partial charge in [0, 0.05) is 18.1 Å². The third-order valence-corrected chi connectivity index (χ3v) is 8.28. The summed E-state index contributed by atoms with van der Waals surface area (Å²) in [6.45, 7) is 3.49. The van der Waals surface area contributed by atoms with Gasteiger partial charge in [0.1, 0.15) is 0 Å². The second kappa shape index (κ2) is 9.49. The van der Waals surface area contributed by atoms with Crippen LogP contribution in [-0.4, -0.2) is 47.7 Å². The lowest BCUT2D eigenvalue weighted by molar-refractivity contribution is 0.114. The molecule has 2 N–H and O–H groups in total. The molecule has 0 aromatic carbocycles. The number of urea groups is 1. The molecule has 2 aliphatic rings. The van der Waals surface area contributed by atoms with Crippen molar-refractivity contribution in [1.29, 1.82) is 0 Å². The van der Waals surface area contributed by atoms with Gasteiger partial charge in [0.2, 0.25) is 9.47 Å². The number of carbonyl (C=O) groups excluding carboxylic acids is 1. The molecule has 28 heavy (non-hydrogen) atoms. The van der Waals surface area contributed by atoms with Gasteiger partial charge in [0.05, 0.1) is 0 Å². The molecule has 2 amide bonds. The molecule has 0 unspecified atom stereocenters. The molecule has 2 fully saturated rings. The highest BCUT2D eigenvalue weighted by molar-refractivity contribution is 7.91. The van der Waals surface area contributed by atoms with Gasteiger partial charge in [-0.2, -0.15) is 0 Å². The lowest BCUT2D eigenvalue weighted by atomic mass is 9.89. The summed E-state index contributed by atoms with van der Waals surface area (Å²) < 4.78 is 26.8. The zero-order valence-corrected chi connectivity index (χ0v) is 18.3. The van der Waals surface area contributed by atoms with Crippen molar-refractivity contribution in [2.24, 2.45) is 0 Å². The molecule has 8 nitrogen and oxygen atoms in total. The van der Waals surface area contributed by atoms with Crippen LogP contribution in [0.4, 0.5) is 9.93 Å². The van der Waals surface area contributed by atoms with Crippen molar-refractivity contribution < 1.29 is 13.2 Å². The highest BCUT2D eigenvalue weighted by atomic mass is 32.2. The summed E-state index contributed by atoms with van der Waals surface area (Å²) >= 11 is 0.890. The molecule has 3 rings (SSSR count). The molecule has 1 aromatic heterocycles. The van der Waals surface area contributed by atoms with Gasteiger partial charge in [-0.05, 0) is 39.5 Å². The third kappa shape index (κ3) is 5.42. The number of rotatable bonds is 6. The molecule has 10 heteroatoms. The number of sulfonamides is 1. The first-order valence-electron chi connectivity index (χ1n) is 10.3. The number of hydrogen-bond acceptors (Lipinski definition) is 6. The fourth-order valence-electron chi connectivity index (χ4n) is 4.23. The molecule has 1 heterocycles. The first-order chi connectivity index (χ1) is 13.4. The molecule has 0 aliphatic heterocycles. The van der Waals surface area contributed by atoms with Crippen LogP contribution in [0.15, 0.2) is 4.34 Å². The van der Waals surface area contributed by atoms with Gasteiger partial charge >= 0.3 is 6.03 Å². The molecular formula is C18H31N5O3S2. The Morgan fingerprint density at radius 2 is 1.54 bits per heavy atom. The zero-order valence-electron chi connectivity index (χ0n) is 16.7. The minimum absolute atomic E-state index is 0.126. The Bertz CT molecular complexity index is 735. The van der Waals surface area contributed by atoms with Gasteiger partial charge in [0.15, 0.2) is 0 Å². The van der Waals surface area contributed by atoms with Crippen LogP contribution in [0.1, 0.15) is 78.1 Å². The zero-order chi connectivity index (χ0) is 20.1. The van der Waals surface area contributed by atoms with E-state index < -0.39 is 10.0 Å². The monoisotopic (exact) mass is 429 g/mol. The van der Waals surface area contributed by atoms with Crippen LogP contribution in [0.25, 0.3) is 0 Å². The van der Waals surface area contributed by atoms with Crippen molar-refractivity contribution in [3.05, 3.63) is 0 Å². The lowest BCUT2D eigenvalue weighted by Crippen LogP contribution is -2.50. The van der Waals surface area contributed by atoms with E-state index in [2.05, 4.69) is 20.2 Å². The fraction of sp³-hybridized carbons (Fsp3) is 0.833. The van der Waals surface area contributed by atoms with Crippen molar-refractivity contribution in [2.45, 2.75) is 101 Å². The van der Waals surface area contributed by atoms with Gasteiger partial charge in [0.25, 0.3) is 10.0 Å². The standard InChI is InChI=1S/C18H31N5O3S2/c1-13(2)22-28(25,26)18-21-20-16(27-18)19-17(24)23(14-9-5-3-6-10-14)15-11-7-4-8-12-15/h13-15,22H,3-12H2,1-2H3,(H,19,20,24). The Labute approximate surface area is 171 Å². The topological polar surface area (TPSA) is 104 Å². The van der Waals surface area contributed by atoms with Gasteiger partial charge < -0.3 is 4.90 Å².